The number of carbonyl (C=O) groups excluding carboxylic acids is 1. The number of nitrogens with zero attached hydrogens (tertiary/aromatic N) is 1. The summed E-state index contributed by atoms with van der Waals surface area (Å²) in [4.78, 5) is 15.4. The minimum Gasteiger partial charge on any atom is -0.497 e. The van der Waals surface area contributed by atoms with Gasteiger partial charge in [-0.2, -0.15) is 0 Å². The van der Waals surface area contributed by atoms with Gasteiger partial charge in [0.25, 0.3) is 0 Å². The molecule has 2 aromatic rings. The van der Waals surface area contributed by atoms with Crippen molar-refractivity contribution in [3.63, 3.8) is 0 Å². The van der Waals surface area contributed by atoms with Crippen LogP contribution < -0.4 is 4.74 Å². The lowest BCUT2D eigenvalue weighted by Gasteiger charge is -2.04. The number of carbonyl (C=O) groups is 1. The van der Waals surface area contributed by atoms with Crippen LogP contribution in [0.25, 0.3) is 10.6 Å². The van der Waals surface area contributed by atoms with E-state index >= 15 is 0 Å². The van der Waals surface area contributed by atoms with E-state index in [9.17, 15) is 4.79 Å². The molecule has 0 spiro atoms. The van der Waals surface area contributed by atoms with Crippen LogP contribution >= 0.6 is 27.3 Å². The van der Waals surface area contributed by atoms with Crippen LogP contribution in [0.5, 0.6) is 5.75 Å². The first-order chi connectivity index (χ1) is 7.74. The van der Waals surface area contributed by atoms with Crippen molar-refractivity contribution in [1.29, 1.82) is 0 Å². The average molecular weight is 298 g/mol. The highest BCUT2D eigenvalue weighted by Crippen LogP contribution is 2.33. The number of hydrogen-bond donors (Lipinski definition) is 0. The third kappa shape index (κ3) is 2.15. The summed E-state index contributed by atoms with van der Waals surface area (Å²) in [5, 5.41) is 0.799. The summed E-state index contributed by atoms with van der Waals surface area (Å²) >= 11 is 4.80. The molecule has 0 aliphatic rings. The van der Waals surface area contributed by atoms with Crippen LogP contribution in [0.4, 0.5) is 0 Å². The largest absolute Gasteiger partial charge is 0.497 e. The van der Waals surface area contributed by atoms with Gasteiger partial charge in [-0.05, 0) is 18.2 Å². The van der Waals surface area contributed by atoms with E-state index in [1.807, 2.05) is 18.2 Å². The van der Waals surface area contributed by atoms with E-state index in [0.29, 0.717) is 4.88 Å². The Bertz CT molecular complexity index is 524. The summed E-state index contributed by atoms with van der Waals surface area (Å²) in [6.07, 6.45) is 2.37. The molecule has 2 rings (SSSR count). The lowest BCUT2D eigenvalue weighted by molar-refractivity contribution is 0.112. The molecule has 5 heteroatoms. The van der Waals surface area contributed by atoms with E-state index in [-0.39, 0.29) is 0 Å². The highest BCUT2D eigenvalue weighted by Gasteiger charge is 2.09. The first-order valence-electron chi connectivity index (χ1n) is 4.49. The third-order valence-electron chi connectivity index (χ3n) is 2.04. The Morgan fingerprint density at radius 3 is 2.94 bits per heavy atom. The number of aromatic nitrogens is 1. The fraction of sp³-hybridized carbons (Fsp3) is 0.0909. The van der Waals surface area contributed by atoms with Gasteiger partial charge in [-0.1, -0.05) is 15.9 Å². The molecule has 16 heavy (non-hydrogen) atoms. The maximum atomic E-state index is 10.6. The number of benzene rings is 1. The van der Waals surface area contributed by atoms with Gasteiger partial charge in [-0.15, -0.1) is 11.3 Å². The smallest absolute Gasteiger partial charge is 0.161 e. The molecule has 3 nitrogen and oxygen atoms in total. The molecule has 1 aromatic heterocycles. The maximum Gasteiger partial charge on any atom is 0.161 e. The Morgan fingerprint density at radius 2 is 2.31 bits per heavy atom. The van der Waals surface area contributed by atoms with Crippen LogP contribution in [0.3, 0.4) is 0 Å². The molecule has 0 atom stereocenters. The lowest BCUT2D eigenvalue weighted by atomic mass is 10.2. The molecule has 0 N–H and O–H groups in total. The van der Waals surface area contributed by atoms with Crippen molar-refractivity contribution >= 4 is 33.6 Å². The Balaban J connectivity index is 2.49. The Morgan fingerprint density at radius 1 is 1.50 bits per heavy atom. The average Bonchev–Trinajstić information content (AvgIpc) is 2.78. The molecular formula is C11H8BrNO2S. The van der Waals surface area contributed by atoms with E-state index in [2.05, 4.69) is 20.9 Å². The summed E-state index contributed by atoms with van der Waals surface area (Å²) < 4.78 is 6.08. The van der Waals surface area contributed by atoms with Crippen LogP contribution in [0.2, 0.25) is 0 Å². The van der Waals surface area contributed by atoms with Crippen LogP contribution in [0, 0.1) is 0 Å². The minimum atomic E-state index is 0.615. The van der Waals surface area contributed by atoms with Gasteiger partial charge >= 0.3 is 0 Å². The van der Waals surface area contributed by atoms with Gasteiger partial charge in [-0.25, -0.2) is 4.98 Å². The molecule has 0 aliphatic carbocycles. The number of hydrogen-bond acceptors (Lipinski definition) is 4. The van der Waals surface area contributed by atoms with Gasteiger partial charge < -0.3 is 4.74 Å². The molecule has 1 heterocycles. The number of ether oxygens (including phenoxy) is 1. The highest BCUT2D eigenvalue weighted by atomic mass is 79.9. The fourth-order valence-corrected chi connectivity index (χ4v) is 2.59. The van der Waals surface area contributed by atoms with Crippen LogP contribution in [-0.2, 0) is 0 Å². The quantitative estimate of drug-likeness (QED) is 0.815. The van der Waals surface area contributed by atoms with E-state index in [1.165, 1.54) is 11.3 Å². The molecule has 0 radical (unpaired) electrons. The molecule has 0 bridgehead atoms. The topological polar surface area (TPSA) is 39.2 Å². The third-order valence-corrected chi connectivity index (χ3v) is 3.69. The SMILES string of the molecule is COc1ccc(Br)c(-c2ncc(C=O)s2)c1. The van der Waals surface area contributed by atoms with Crippen LogP contribution in [-0.4, -0.2) is 18.4 Å². The van der Waals surface area contributed by atoms with Crippen molar-refractivity contribution in [2.45, 2.75) is 0 Å². The summed E-state index contributed by atoms with van der Waals surface area (Å²) in [5.74, 6) is 0.765. The van der Waals surface area contributed by atoms with Crippen molar-refractivity contribution in [1.82, 2.24) is 4.98 Å². The first kappa shape index (κ1) is 11.3. The molecule has 82 valence electrons. The zero-order valence-corrected chi connectivity index (χ0v) is 10.8. The van der Waals surface area contributed by atoms with E-state index in [0.717, 1.165) is 27.1 Å². The van der Waals surface area contributed by atoms with E-state index < -0.39 is 0 Å². The molecule has 0 unspecified atom stereocenters. The molecule has 0 fully saturated rings. The van der Waals surface area contributed by atoms with Gasteiger partial charge in [0.1, 0.15) is 10.8 Å². The summed E-state index contributed by atoms with van der Waals surface area (Å²) in [6.45, 7) is 0. The van der Waals surface area contributed by atoms with Crippen molar-refractivity contribution in [3.8, 4) is 16.3 Å². The predicted molar refractivity (Wildman–Crippen MR) is 67.2 cm³/mol. The number of rotatable bonds is 3. The molecule has 1 aromatic carbocycles. The molecule has 0 amide bonds. The van der Waals surface area contributed by atoms with Gasteiger partial charge in [0.05, 0.1) is 12.0 Å². The minimum absolute atomic E-state index is 0.615. The predicted octanol–water partition coefficient (Wildman–Crippen LogP) is 3.39. The molecule has 0 saturated carbocycles. The van der Waals surface area contributed by atoms with Crippen molar-refractivity contribution < 1.29 is 9.53 Å². The number of halogens is 1. The maximum absolute atomic E-state index is 10.6. The molecule has 0 saturated heterocycles. The number of methoxy groups -OCH3 is 1. The Labute approximate surface area is 105 Å². The summed E-state index contributed by atoms with van der Waals surface area (Å²) in [6, 6.07) is 5.65. The van der Waals surface area contributed by atoms with E-state index in [1.54, 1.807) is 13.3 Å². The second-order valence-electron chi connectivity index (χ2n) is 3.03. The Kier molecular flexibility index (Phi) is 3.36. The normalized spacial score (nSPS) is 10.1. The zero-order valence-electron chi connectivity index (χ0n) is 8.44. The van der Waals surface area contributed by atoms with Crippen molar-refractivity contribution in [2.24, 2.45) is 0 Å². The fourth-order valence-electron chi connectivity index (χ4n) is 1.26. The van der Waals surface area contributed by atoms with E-state index in [4.69, 9.17) is 4.74 Å². The molecular weight excluding hydrogens is 290 g/mol. The zero-order chi connectivity index (χ0) is 11.5. The lowest BCUT2D eigenvalue weighted by Crippen LogP contribution is -1.84. The van der Waals surface area contributed by atoms with Crippen LogP contribution in [0.15, 0.2) is 28.9 Å². The van der Waals surface area contributed by atoms with Gasteiger partial charge in [0, 0.05) is 16.2 Å². The first-order valence-corrected chi connectivity index (χ1v) is 6.10. The highest BCUT2D eigenvalue weighted by molar-refractivity contribution is 9.10. The summed E-state index contributed by atoms with van der Waals surface area (Å²) in [7, 11) is 1.62. The van der Waals surface area contributed by atoms with Crippen molar-refractivity contribution in [3.05, 3.63) is 33.7 Å². The van der Waals surface area contributed by atoms with Gasteiger partial charge in [-0.3, -0.25) is 4.79 Å². The Hall–Kier alpha value is -1.20. The second-order valence-corrected chi connectivity index (χ2v) is 4.95. The van der Waals surface area contributed by atoms with Gasteiger partial charge in [0.15, 0.2) is 6.29 Å². The summed E-state index contributed by atoms with van der Waals surface area (Å²) in [5.41, 5.74) is 0.928. The standard InChI is InChI=1S/C11H8BrNO2S/c1-15-7-2-3-10(12)9(4-7)11-13-5-8(6-14)16-11/h2-6H,1H3. The number of aldehydes is 1. The molecule has 0 aliphatic heterocycles. The van der Waals surface area contributed by atoms with Crippen molar-refractivity contribution in [2.75, 3.05) is 7.11 Å². The van der Waals surface area contributed by atoms with Crippen LogP contribution in [0.1, 0.15) is 9.67 Å². The second kappa shape index (κ2) is 4.76. The number of thiazole rings is 1. The van der Waals surface area contributed by atoms with Gasteiger partial charge in [0.2, 0.25) is 0 Å². The monoisotopic (exact) mass is 297 g/mol.